The second kappa shape index (κ2) is 4.34. The predicted molar refractivity (Wildman–Crippen MR) is 44.6 cm³/mol. The summed E-state index contributed by atoms with van der Waals surface area (Å²) >= 11 is 0. The molecule has 0 amide bonds. The Morgan fingerprint density at radius 1 is 1.64 bits per heavy atom. The van der Waals surface area contributed by atoms with Crippen molar-refractivity contribution in [1.82, 2.24) is 5.32 Å². The van der Waals surface area contributed by atoms with Crippen molar-refractivity contribution in [3.63, 3.8) is 0 Å². The third-order valence-corrected chi connectivity index (χ3v) is 2.22. The molecule has 3 nitrogen and oxygen atoms in total. The highest BCUT2D eigenvalue weighted by Gasteiger charge is 2.29. The smallest absolute Gasteiger partial charge is 0.309 e. The number of hydrogen-bond acceptors (Lipinski definition) is 2. The van der Waals surface area contributed by atoms with Gasteiger partial charge in [0.2, 0.25) is 0 Å². The molecule has 0 bridgehead atoms. The summed E-state index contributed by atoms with van der Waals surface area (Å²) in [5, 5.41) is 11.8. The van der Waals surface area contributed by atoms with Crippen molar-refractivity contribution in [2.24, 2.45) is 5.41 Å². The SMILES string of the molecule is CCC(C)(CCNC)C(=O)O. The van der Waals surface area contributed by atoms with Crippen LogP contribution in [0.3, 0.4) is 0 Å². The lowest BCUT2D eigenvalue weighted by Gasteiger charge is -2.22. The van der Waals surface area contributed by atoms with E-state index in [9.17, 15) is 4.79 Å². The summed E-state index contributed by atoms with van der Waals surface area (Å²) in [6.45, 7) is 4.45. The third-order valence-electron chi connectivity index (χ3n) is 2.22. The van der Waals surface area contributed by atoms with Crippen LogP contribution in [0.4, 0.5) is 0 Å². The molecule has 0 aromatic carbocycles. The molecular formula is C8H17NO2. The van der Waals surface area contributed by atoms with E-state index < -0.39 is 11.4 Å². The predicted octanol–water partition coefficient (Wildman–Crippen LogP) is 1.10. The van der Waals surface area contributed by atoms with E-state index in [2.05, 4.69) is 5.32 Å². The van der Waals surface area contributed by atoms with Gasteiger partial charge in [0, 0.05) is 0 Å². The maximum atomic E-state index is 10.7. The molecule has 0 fully saturated rings. The molecule has 0 aliphatic carbocycles. The molecule has 1 unspecified atom stereocenters. The highest BCUT2D eigenvalue weighted by atomic mass is 16.4. The lowest BCUT2D eigenvalue weighted by Crippen LogP contribution is -2.30. The molecule has 1 atom stereocenters. The van der Waals surface area contributed by atoms with Crippen molar-refractivity contribution in [2.45, 2.75) is 26.7 Å². The average molecular weight is 159 g/mol. The second-order valence-corrected chi connectivity index (χ2v) is 3.07. The summed E-state index contributed by atoms with van der Waals surface area (Å²) in [6, 6.07) is 0. The van der Waals surface area contributed by atoms with E-state index >= 15 is 0 Å². The standard InChI is InChI=1S/C8H17NO2/c1-4-8(2,7(10)11)5-6-9-3/h9H,4-6H2,1-3H3,(H,10,11). The number of hydrogen-bond donors (Lipinski definition) is 2. The van der Waals surface area contributed by atoms with Crippen LogP contribution in [-0.2, 0) is 4.79 Å². The van der Waals surface area contributed by atoms with Gasteiger partial charge in [0.25, 0.3) is 0 Å². The van der Waals surface area contributed by atoms with Gasteiger partial charge in [-0.05, 0) is 33.4 Å². The van der Waals surface area contributed by atoms with Crippen molar-refractivity contribution in [1.29, 1.82) is 0 Å². The van der Waals surface area contributed by atoms with E-state index in [-0.39, 0.29) is 0 Å². The van der Waals surface area contributed by atoms with Gasteiger partial charge in [-0.2, -0.15) is 0 Å². The van der Waals surface area contributed by atoms with Crippen LogP contribution in [0.15, 0.2) is 0 Å². The summed E-state index contributed by atoms with van der Waals surface area (Å²) in [7, 11) is 1.83. The van der Waals surface area contributed by atoms with Gasteiger partial charge in [-0.25, -0.2) is 0 Å². The van der Waals surface area contributed by atoms with Gasteiger partial charge in [0.05, 0.1) is 5.41 Å². The van der Waals surface area contributed by atoms with Crippen molar-refractivity contribution >= 4 is 5.97 Å². The Hall–Kier alpha value is -0.570. The monoisotopic (exact) mass is 159 g/mol. The van der Waals surface area contributed by atoms with Crippen LogP contribution in [0.25, 0.3) is 0 Å². The molecule has 0 rings (SSSR count). The minimum Gasteiger partial charge on any atom is -0.481 e. The Morgan fingerprint density at radius 3 is 2.45 bits per heavy atom. The van der Waals surface area contributed by atoms with E-state index in [0.29, 0.717) is 12.8 Å². The summed E-state index contributed by atoms with van der Waals surface area (Å²) in [4.78, 5) is 10.7. The molecule has 0 saturated heterocycles. The number of carbonyl (C=O) groups is 1. The Morgan fingerprint density at radius 2 is 2.18 bits per heavy atom. The fourth-order valence-electron chi connectivity index (χ4n) is 0.836. The Bertz CT molecular complexity index is 136. The summed E-state index contributed by atoms with van der Waals surface area (Å²) in [5.74, 6) is -0.699. The molecule has 0 aromatic rings. The lowest BCUT2D eigenvalue weighted by atomic mass is 9.84. The molecule has 0 saturated carbocycles. The topological polar surface area (TPSA) is 49.3 Å². The molecule has 0 aromatic heterocycles. The first-order valence-electron chi connectivity index (χ1n) is 3.95. The number of carboxylic acids is 1. The summed E-state index contributed by atoms with van der Waals surface area (Å²) < 4.78 is 0. The van der Waals surface area contributed by atoms with Gasteiger partial charge in [-0.3, -0.25) is 4.79 Å². The second-order valence-electron chi connectivity index (χ2n) is 3.07. The highest BCUT2D eigenvalue weighted by molar-refractivity contribution is 5.73. The maximum Gasteiger partial charge on any atom is 0.309 e. The van der Waals surface area contributed by atoms with Crippen LogP contribution in [0.1, 0.15) is 26.7 Å². The number of rotatable bonds is 5. The van der Waals surface area contributed by atoms with Gasteiger partial charge in [0.15, 0.2) is 0 Å². The van der Waals surface area contributed by atoms with Crippen molar-refractivity contribution in [3.05, 3.63) is 0 Å². The van der Waals surface area contributed by atoms with Gasteiger partial charge < -0.3 is 10.4 Å². The molecule has 11 heavy (non-hydrogen) atoms. The Labute approximate surface area is 67.8 Å². The fraction of sp³-hybridized carbons (Fsp3) is 0.875. The van der Waals surface area contributed by atoms with E-state index in [0.717, 1.165) is 6.54 Å². The van der Waals surface area contributed by atoms with Crippen LogP contribution in [0, 0.1) is 5.41 Å². The van der Waals surface area contributed by atoms with Crippen molar-refractivity contribution < 1.29 is 9.90 Å². The molecule has 0 heterocycles. The quantitative estimate of drug-likeness (QED) is 0.631. The van der Waals surface area contributed by atoms with Gasteiger partial charge in [-0.15, -0.1) is 0 Å². The zero-order valence-electron chi connectivity index (χ0n) is 7.48. The fourth-order valence-corrected chi connectivity index (χ4v) is 0.836. The minimum absolute atomic E-state index is 0.553. The lowest BCUT2D eigenvalue weighted by molar-refractivity contribution is -0.148. The number of nitrogens with one attached hydrogen (secondary N) is 1. The molecular weight excluding hydrogens is 142 g/mol. The van der Waals surface area contributed by atoms with Crippen LogP contribution in [-0.4, -0.2) is 24.7 Å². The number of carboxylic acid groups (broad SMARTS) is 1. The van der Waals surface area contributed by atoms with E-state index in [1.807, 2.05) is 14.0 Å². The zero-order chi connectivity index (χ0) is 8.91. The Balaban J connectivity index is 3.99. The largest absolute Gasteiger partial charge is 0.481 e. The molecule has 2 N–H and O–H groups in total. The van der Waals surface area contributed by atoms with Crippen molar-refractivity contribution in [2.75, 3.05) is 13.6 Å². The third kappa shape index (κ3) is 2.89. The van der Waals surface area contributed by atoms with Gasteiger partial charge in [0.1, 0.15) is 0 Å². The van der Waals surface area contributed by atoms with Crippen LogP contribution in [0.2, 0.25) is 0 Å². The highest BCUT2D eigenvalue weighted by Crippen LogP contribution is 2.24. The van der Waals surface area contributed by atoms with Crippen LogP contribution >= 0.6 is 0 Å². The Kier molecular flexibility index (Phi) is 4.11. The normalized spacial score (nSPS) is 15.9. The molecule has 3 heteroatoms. The molecule has 0 radical (unpaired) electrons. The van der Waals surface area contributed by atoms with Gasteiger partial charge >= 0.3 is 5.97 Å². The number of aliphatic carboxylic acids is 1. The molecule has 0 aliphatic rings. The van der Waals surface area contributed by atoms with Crippen LogP contribution < -0.4 is 5.32 Å². The van der Waals surface area contributed by atoms with Crippen molar-refractivity contribution in [3.8, 4) is 0 Å². The van der Waals surface area contributed by atoms with E-state index in [4.69, 9.17) is 5.11 Å². The maximum absolute atomic E-state index is 10.7. The van der Waals surface area contributed by atoms with Crippen LogP contribution in [0.5, 0.6) is 0 Å². The first kappa shape index (κ1) is 10.4. The van der Waals surface area contributed by atoms with E-state index in [1.54, 1.807) is 6.92 Å². The van der Waals surface area contributed by atoms with Gasteiger partial charge in [-0.1, -0.05) is 6.92 Å². The average Bonchev–Trinajstić information content (AvgIpc) is 2.00. The molecule has 0 spiro atoms. The first-order chi connectivity index (χ1) is 5.06. The summed E-state index contributed by atoms with van der Waals surface area (Å²) in [6.07, 6.45) is 1.37. The van der Waals surface area contributed by atoms with E-state index in [1.165, 1.54) is 0 Å². The summed E-state index contributed by atoms with van der Waals surface area (Å²) in [5.41, 5.74) is -0.553. The molecule has 0 aliphatic heterocycles. The minimum atomic E-state index is -0.699. The zero-order valence-corrected chi connectivity index (χ0v) is 7.48. The first-order valence-corrected chi connectivity index (χ1v) is 3.95. The molecule has 66 valence electrons.